The van der Waals surface area contributed by atoms with Crippen LogP contribution in [-0.4, -0.2) is 116 Å². The summed E-state index contributed by atoms with van der Waals surface area (Å²) in [5, 5.41) is 5.65. The van der Waals surface area contributed by atoms with Crippen molar-refractivity contribution in [1.29, 1.82) is 0 Å². The van der Waals surface area contributed by atoms with E-state index in [1.165, 1.54) is 4.90 Å². The van der Waals surface area contributed by atoms with Crippen molar-refractivity contribution < 1.29 is 42.8 Å². The highest BCUT2D eigenvalue weighted by molar-refractivity contribution is 6.21. The number of amides is 3. The van der Waals surface area contributed by atoms with Crippen LogP contribution in [0.1, 0.15) is 33.6 Å². The van der Waals surface area contributed by atoms with Gasteiger partial charge >= 0.3 is 0 Å². The standard InChI is InChI=1S/C39H42N6O9/c40-33-3-1-2-27-23-41-35(22-31(27)33)44-9-8-26-20-37(43-25-34(26)44)54-19-17-52-15-13-50-11-10-49-12-14-51-16-18-53-29-5-6-30-32(21-29)39(48)45(38(30)47)28-4-7-36(46)42-24-28/h1-3,5-6,8-9,20-23,25,28H,4,7,10-19,24,40H2,(H,42,46). The summed E-state index contributed by atoms with van der Waals surface area (Å²) in [6, 6.07) is 16.2. The third-order valence-electron chi connectivity index (χ3n) is 9.17. The molecule has 0 radical (unpaired) electrons. The SMILES string of the molecule is Nc1cccc2cnc(-n3ccc4cc(OCCOCCOCCOCCOCCOc5ccc6c(c5)C(=O)N(C5CCC(=O)NC5)C6=O)ncc43)cc12. The lowest BCUT2D eigenvalue weighted by atomic mass is 10.1. The fraction of sp³-hybridized carbons (Fsp3) is 0.359. The predicted octanol–water partition coefficient (Wildman–Crippen LogP) is 3.55. The van der Waals surface area contributed by atoms with Crippen LogP contribution < -0.4 is 20.5 Å². The Morgan fingerprint density at radius 3 is 2.15 bits per heavy atom. The smallest absolute Gasteiger partial charge is 0.262 e. The van der Waals surface area contributed by atoms with Crippen LogP contribution in [0.5, 0.6) is 11.6 Å². The number of carbonyl (C=O) groups excluding carboxylic acids is 3. The number of pyridine rings is 2. The van der Waals surface area contributed by atoms with Gasteiger partial charge in [-0.15, -0.1) is 0 Å². The van der Waals surface area contributed by atoms with E-state index in [4.69, 9.17) is 34.2 Å². The molecular weight excluding hydrogens is 696 g/mol. The predicted molar refractivity (Wildman–Crippen MR) is 198 cm³/mol. The molecule has 0 saturated carbocycles. The number of ether oxygens (including phenoxy) is 6. The molecule has 5 aromatic rings. The fourth-order valence-corrected chi connectivity index (χ4v) is 6.39. The molecule has 54 heavy (non-hydrogen) atoms. The first-order valence-electron chi connectivity index (χ1n) is 17.9. The number of fused-ring (bicyclic) bond motifs is 3. The van der Waals surface area contributed by atoms with E-state index >= 15 is 0 Å². The molecule has 7 rings (SSSR count). The highest BCUT2D eigenvalue weighted by Gasteiger charge is 2.41. The van der Waals surface area contributed by atoms with Crippen LogP contribution in [-0.2, 0) is 23.7 Å². The molecule has 1 atom stereocenters. The number of piperidine rings is 1. The van der Waals surface area contributed by atoms with Crippen LogP contribution in [0.4, 0.5) is 5.69 Å². The summed E-state index contributed by atoms with van der Waals surface area (Å²) in [7, 11) is 0. The highest BCUT2D eigenvalue weighted by atomic mass is 16.6. The molecule has 0 bridgehead atoms. The van der Waals surface area contributed by atoms with Crippen molar-refractivity contribution in [3.63, 3.8) is 0 Å². The first-order chi connectivity index (χ1) is 26.5. The van der Waals surface area contributed by atoms with Crippen LogP contribution >= 0.6 is 0 Å². The Bertz CT molecular complexity index is 2110. The molecule has 282 valence electrons. The second kappa shape index (κ2) is 17.5. The Morgan fingerprint density at radius 2 is 1.43 bits per heavy atom. The number of imide groups is 1. The second-order valence-corrected chi connectivity index (χ2v) is 12.7. The van der Waals surface area contributed by atoms with Gasteiger partial charge in [-0.25, -0.2) is 9.97 Å². The van der Waals surface area contributed by atoms with Gasteiger partial charge in [-0.1, -0.05) is 12.1 Å². The van der Waals surface area contributed by atoms with Crippen LogP contribution in [0.2, 0.25) is 0 Å². The molecule has 2 aliphatic heterocycles. The van der Waals surface area contributed by atoms with Crippen LogP contribution in [0, 0.1) is 0 Å². The molecule has 2 aromatic carbocycles. The van der Waals surface area contributed by atoms with E-state index in [0.717, 1.165) is 27.5 Å². The average molecular weight is 739 g/mol. The lowest BCUT2D eigenvalue weighted by molar-refractivity contribution is -0.123. The van der Waals surface area contributed by atoms with Gasteiger partial charge in [0.1, 0.15) is 24.8 Å². The number of benzene rings is 2. The quantitative estimate of drug-likeness (QED) is 0.0717. The summed E-state index contributed by atoms with van der Waals surface area (Å²) in [4.78, 5) is 47.6. The summed E-state index contributed by atoms with van der Waals surface area (Å²) < 4.78 is 35.8. The lowest BCUT2D eigenvalue weighted by Gasteiger charge is -2.29. The van der Waals surface area contributed by atoms with Gasteiger partial charge in [0.2, 0.25) is 11.8 Å². The van der Waals surface area contributed by atoms with Crippen molar-refractivity contribution >= 4 is 45.1 Å². The normalized spacial score (nSPS) is 15.6. The Kier molecular flexibility index (Phi) is 11.9. The summed E-state index contributed by atoms with van der Waals surface area (Å²) in [5.41, 5.74) is 8.45. The van der Waals surface area contributed by atoms with Gasteiger partial charge in [0.05, 0.1) is 81.7 Å². The topological polar surface area (TPSA) is 179 Å². The number of carbonyl (C=O) groups is 3. The van der Waals surface area contributed by atoms with Gasteiger partial charge in [0.15, 0.2) is 0 Å². The number of aromatic nitrogens is 3. The zero-order valence-corrected chi connectivity index (χ0v) is 29.7. The van der Waals surface area contributed by atoms with Crippen LogP contribution in [0.15, 0.2) is 73.2 Å². The van der Waals surface area contributed by atoms with Crippen molar-refractivity contribution in [2.45, 2.75) is 18.9 Å². The van der Waals surface area contributed by atoms with Crippen molar-refractivity contribution in [2.24, 2.45) is 0 Å². The Morgan fingerprint density at radius 1 is 0.722 bits per heavy atom. The maximum absolute atomic E-state index is 13.0. The second-order valence-electron chi connectivity index (χ2n) is 12.7. The number of nitrogen functional groups attached to an aromatic ring is 1. The zero-order valence-electron chi connectivity index (χ0n) is 29.7. The molecule has 0 aliphatic carbocycles. The number of nitrogens with zero attached hydrogens (tertiary/aromatic N) is 4. The van der Waals surface area contributed by atoms with E-state index in [0.29, 0.717) is 94.3 Å². The number of nitrogens with two attached hydrogens (primary N) is 1. The minimum atomic E-state index is -0.365. The van der Waals surface area contributed by atoms with Gasteiger partial charge in [0, 0.05) is 53.3 Å². The molecule has 2 aliphatic rings. The average Bonchev–Trinajstić information content (AvgIpc) is 3.72. The minimum Gasteiger partial charge on any atom is -0.491 e. The molecule has 3 N–H and O–H groups in total. The molecule has 1 unspecified atom stereocenters. The maximum Gasteiger partial charge on any atom is 0.262 e. The molecular formula is C39H42N6O9. The lowest BCUT2D eigenvalue weighted by Crippen LogP contribution is -2.50. The van der Waals surface area contributed by atoms with Crippen LogP contribution in [0.25, 0.3) is 27.5 Å². The largest absolute Gasteiger partial charge is 0.491 e. The van der Waals surface area contributed by atoms with Gasteiger partial charge in [-0.3, -0.25) is 23.9 Å². The number of rotatable bonds is 19. The van der Waals surface area contributed by atoms with Gasteiger partial charge in [-0.05, 0) is 42.8 Å². The van der Waals surface area contributed by atoms with E-state index in [9.17, 15) is 14.4 Å². The third-order valence-corrected chi connectivity index (χ3v) is 9.17. The first kappa shape index (κ1) is 36.7. The molecule has 0 spiro atoms. The minimum absolute atomic E-state index is 0.0710. The Balaban J connectivity index is 0.697. The maximum atomic E-state index is 13.0. The van der Waals surface area contributed by atoms with Crippen molar-refractivity contribution in [2.75, 3.05) is 78.3 Å². The van der Waals surface area contributed by atoms with Gasteiger partial charge in [-0.2, -0.15) is 0 Å². The van der Waals surface area contributed by atoms with Crippen molar-refractivity contribution in [3.8, 4) is 17.4 Å². The molecule has 1 fully saturated rings. The van der Waals surface area contributed by atoms with Gasteiger partial charge < -0.3 is 39.5 Å². The van der Waals surface area contributed by atoms with Crippen molar-refractivity contribution in [3.05, 3.63) is 84.3 Å². The summed E-state index contributed by atoms with van der Waals surface area (Å²) in [6.45, 7) is 4.14. The van der Waals surface area contributed by atoms with E-state index in [2.05, 4.69) is 15.3 Å². The number of hydrogen-bond acceptors (Lipinski definition) is 12. The molecule has 3 amide bonds. The monoisotopic (exact) mass is 738 g/mol. The Hall–Kier alpha value is -5.61. The van der Waals surface area contributed by atoms with Gasteiger partial charge in [0.25, 0.3) is 11.8 Å². The van der Waals surface area contributed by atoms with E-state index in [1.807, 2.05) is 53.4 Å². The molecule has 15 heteroatoms. The first-order valence-corrected chi connectivity index (χ1v) is 17.9. The fourth-order valence-electron chi connectivity index (χ4n) is 6.39. The van der Waals surface area contributed by atoms with Crippen molar-refractivity contribution in [1.82, 2.24) is 24.8 Å². The third kappa shape index (κ3) is 8.60. The van der Waals surface area contributed by atoms with E-state index in [1.54, 1.807) is 24.4 Å². The molecule has 1 saturated heterocycles. The van der Waals surface area contributed by atoms with Crippen LogP contribution in [0.3, 0.4) is 0 Å². The van der Waals surface area contributed by atoms with E-state index in [-0.39, 0.29) is 43.3 Å². The number of nitrogens with one attached hydrogen (secondary N) is 1. The molecule has 3 aromatic heterocycles. The zero-order chi connectivity index (χ0) is 37.3. The highest BCUT2D eigenvalue weighted by Crippen LogP contribution is 2.30. The summed E-state index contributed by atoms with van der Waals surface area (Å²) >= 11 is 0. The molecule has 15 nitrogen and oxygen atoms in total. The summed E-state index contributed by atoms with van der Waals surface area (Å²) in [5.74, 6) is 0.976. The summed E-state index contributed by atoms with van der Waals surface area (Å²) in [6.07, 6.45) is 6.29. The Labute approximate surface area is 311 Å². The number of anilines is 1. The van der Waals surface area contributed by atoms with E-state index < -0.39 is 0 Å². The molecule has 5 heterocycles. The number of hydrogen-bond donors (Lipinski definition) is 2.